The molecule has 0 N–H and O–H groups in total. The summed E-state index contributed by atoms with van der Waals surface area (Å²) in [5, 5.41) is 6.82. The van der Waals surface area contributed by atoms with Gasteiger partial charge in [-0.1, -0.05) is 84.6 Å². The van der Waals surface area contributed by atoms with Gasteiger partial charge in [-0.3, -0.25) is 0 Å². The molecule has 0 saturated carbocycles. The molecule has 0 spiro atoms. The van der Waals surface area contributed by atoms with Gasteiger partial charge in [0.1, 0.15) is 0 Å². The molecule has 0 fully saturated rings. The van der Waals surface area contributed by atoms with Crippen LogP contribution < -0.4 is 0 Å². The van der Waals surface area contributed by atoms with Crippen molar-refractivity contribution in [1.82, 2.24) is 0 Å². The van der Waals surface area contributed by atoms with Gasteiger partial charge >= 0.3 is 53.5 Å². The van der Waals surface area contributed by atoms with E-state index < -0.39 is 18.0 Å². The van der Waals surface area contributed by atoms with Crippen LogP contribution in [0.4, 0.5) is 0 Å². The van der Waals surface area contributed by atoms with E-state index in [1.165, 1.54) is 54.9 Å². The average Bonchev–Trinajstić information content (AvgIpc) is 3.61. The van der Waals surface area contributed by atoms with Gasteiger partial charge in [0.25, 0.3) is 0 Å². The van der Waals surface area contributed by atoms with Crippen molar-refractivity contribution in [2.45, 2.75) is 39.8 Å². The summed E-state index contributed by atoms with van der Waals surface area (Å²) in [6, 6.07) is 38.1. The van der Waals surface area contributed by atoms with Crippen LogP contribution in [0, 0.1) is 0 Å². The van der Waals surface area contributed by atoms with Crippen molar-refractivity contribution in [1.29, 1.82) is 0 Å². The van der Waals surface area contributed by atoms with Crippen molar-refractivity contribution in [3.8, 4) is 22.3 Å². The van der Waals surface area contributed by atoms with E-state index in [0.717, 1.165) is 22.9 Å². The first-order chi connectivity index (χ1) is 20.2. The summed E-state index contributed by atoms with van der Waals surface area (Å²) >= 11 is 10.5. The van der Waals surface area contributed by atoms with Crippen LogP contribution >= 0.6 is 40.2 Å². The molecule has 0 aliphatic heterocycles. The zero-order valence-corrected chi connectivity index (χ0v) is 30.8. The summed E-state index contributed by atoms with van der Waals surface area (Å²) in [6.45, 7) is 8.71. The number of rotatable bonds is 4. The van der Waals surface area contributed by atoms with Crippen molar-refractivity contribution < 1.29 is 18.0 Å². The van der Waals surface area contributed by atoms with Crippen LogP contribution in [0.1, 0.15) is 25.0 Å². The Kier molecular flexibility index (Phi) is 12.6. The summed E-state index contributed by atoms with van der Waals surface area (Å²) in [5.74, 6) is 0. The standard InChI is InChI=1S/2C17H14Cl.C2H6Si.2ClH.Zr/c2*1-2-12-9-13-6-4-8-16(17(13)10-12)14-5-3-7-15(18)11-14;1-3-2;;;/h2*3-11H,2H2,1H3;1-2H3;2*1H;/q2*-1;;;;+2/p-2. The third-order valence-electron chi connectivity index (χ3n) is 7.09. The number of hydrogen-bond donors (Lipinski definition) is 0. The topological polar surface area (TPSA) is 0 Å². The summed E-state index contributed by atoms with van der Waals surface area (Å²) < 4.78 is 0. The predicted octanol–water partition coefficient (Wildman–Crippen LogP) is 13.0. The molecule has 0 amide bonds. The number of fused-ring (bicyclic) bond motifs is 2. The Morgan fingerprint density at radius 2 is 0.976 bits per heavy atom. The second-order valence-corrected chi connectivity index (χ2v) is 34.2. The molecule has 0 heterocycles. The molecule has 0 unspecified atom stereocenters. The van der Waals surface area contributed by atoms with Gasteiger partial charge in [0.15, 0.2) is 0 Å². The Morgan fingerprint density at radius 3 is 1.31 bits per heavy atom. The van der Waals surface area contributed by atoms with Crippen molar-refractivity contribution in [2.75, 3.05) is 0 Å². The van der Waals surface area contributed by atoms with Gasteiger partial charge in [0.05, 0.1) is 0 Å². The van der Waals surface area contributed by atoms with Crippen molar-refractivity contribution in [3.63, 3.8) is 0 Å². The van der Waals surface area contributed by atoms with Crippen LogP contribution in [0.25, 0.3) is 43.8 Å². The average molecular weight is 728 g/mol. The molecule has 0 radical (unpaired) electrons. The fraction of sp³-hybridized carbons (Fsp3) is 0.167. The third-order valence-corrected chi connectivity index (χ3v) is 27.3. The van der Waals surface area contributed by atoms with Gasteiger partial charge in [0.2, 0.25) is 0 Å². The number of halogens is 4. The number of aryl methyl sites for hydroxylation is 2. The van der Waals surface area contributed by atoms with Crippen LogP contribution in [0.2, 0.25) is 23.1 Å². The van der Waals surface area contributed by atoms with E-state index >= 15 is 0 Å². The minimum atomic E-state index is -1.65. The van der Waals surface area contributed by atoms with Crippen molar-refractivity contribution >= 4 is 67.2 Å². The first kappa shape index (κ1) is 33.3. The van der Waals surface area contributed by atoms with Gasteiger partial charge in [-0.2, -0.15) is 12.1 Å². The molecule has 6 aromatic rings. The SMILES string of the molecule is CCc1cc2c(-c3cccc(Cl)c3)cccc2[cH-]1.CCc1cc2c(-c3cccc(Cl)c3)cccc2[cH-]1.C[Si](C)=[Zr]([Cl])[Cl]. The molecular weight excluding hydrogens is 694 g/mol. The van der Waals surface area contributed by atoms with Gasteiger partial charge in [0, 0.05) is 10.0 Å². The predicted molar refractivity (Wildman–Crippen MR) is 188 cm³/mol. The molecule has 0 saturated heterocycles. The summed E-state index contributed by atoms with van der Waals surface area (Å²) in [5.41, 5.74) is 7.43. The molecule has 6 heteroatoms. The second kappa shape index (κ2) is 15.9. The molecule has 0 aromatic heterocycles. The maximum atomic E-state index is 6.08. The van der Waals surface area contributed by atoms with E-state index in [4.69, 9.17) is 40.2 Å². The van der Waals surface area contributed by atoms with E-state index in [9.17, 15) is 0 Å². The molecule has 6 aromatic carbocycles. The van der Waals surface area contributed by atoms with Crippen LogP contribution in [0.3, 0.4) is 0 Å². The molecule has 42 heavy (non-hydrogen) atoms. The Hall–Kier alpha value is -1.64. The van der Waals surface area contributed by atoms with Gasteiger partial charge < -0.3 is 0 Å². The van der Waals surface area contributed by atoms with Crippen LogP contribution in [-0.2, 0) is 30.8 Å². The van der Waals surface area contributed by atoms with E-state index in [-0.39, 0.29) is 5.43 Å². The van der Waals surface area contributed by atoms with Crippen LogP contribution in [0.15, 0.2) is 109 Å². The molecule has 0 aliphatic carbocycles. The molecular formula is C36H34Cl4SiZr-2. The summed E-state index contributed by atoms with van der Waals surface area (Å²) in [7, 11) is 11.2. The number of hydrogen-bond acceptors (Lipinski definition) is 0. The van der Waals surface area contributed by atoms with Gasteiger partial charge in [-0.25, -0.2) is 0 Å². The monoisotopic (exact) mass is 724 g/mol. The first-order valence-electron chi connectivity index (χ1n) is 14.1. The Balaban J connectivity index is 0.000000162. The fourth-order valence-corrected chi connectivity index (χ4v) is 5.20. The van der Waals surface area contributed by atoms with Crippen molar-refractivity contribution in [3.05, 3.63) is 130 Å². The molecule has 0 bridgehead atoms. The number of benzene rings is 4. The molecule has 0 atom stereocenters. The molecule has 6 rings (SSSR count). The van der Waals surface area contributed by atoms with Gasteiger partial charge in [-0.05, 0) is 48.2 Å². The summed E-state index contributed by atoms with van der Waals surface area (Å²) in [4.78, 5) is 0. The van der Waals surface area contributed by atoms with Crippen molar-refractivity contribution in [2.24, 2.45) is 0 Å². The minimum absolute atomic E-state index is 0.224. The maximum absolute atomic E-state index is 6.08. The normalized spacial score (nSPS) is 10.6. The summed E-state index contributed by atoms with van der Waals surface area (Å²) in [6.07, 6.45) is 2.15. The van der Waals surface area contributed by atoms with Crippen LogP contribution in [0.5, 0.6) is 0 Å². The molecule has 216 valence electrons. The van der Waals surface area contributed by atoms with E-state index in [1.54, 1.807) is 0 Å². The van der Waals surface area contributed by atoms with E-state index in [0.29, 0.717) is 0 Å². The molecule has 0 nitrogen and oxygen atoms in total. The Bertz CT molecular complexity index is 1690. The fourth-order valence-electron chi connectivity index (χ4n) is 4.82. The molecule has 0 aliphatic rings. The Morgan fingerprint density at radius 1 is 0.595 bits per heavy atom. The zero-order chi connectivity index (χ0) is 30.2. The van der Waals surface area contributed by atoms with Gasteiger partial charge in [-0.15, -0.1) is 69.1 Å². The second-order valence-electron chi connectivity index (χ2n) is 10.3. The van der Waals surface area contributed by atoms with Crippen LogP contribution in [-0.4, -0.2) is 5.43 Å². The van der Waals surface area contributed by atoms with E-state index in [1.807, 2.05) is 36.4 Å². The first-order valence-corrected chi connectivity index (χ1v) is 27.3. The Labute approximate surface area is 275 Å². The third kappa shape index (κ3) is 8.72. The zero-order valence-electron chi connectivity index (χ0n) is 24.3. The quantitative estimate of drug-likeness (QED) is 0.125. The van der Waals surface area contributed by atoms with E-state index in [2.05, 4.69) is 99.7 Å².